The van der Waals surface area contributed by atoms with Crippen molar-refractivity contribution in [1.82, 2.24) is 4.90 Å². The van der Waals surface area contributed by atoms with Crippen molar-refractivity contribution in [2.45, 2.75) is 51.0 Å². The van der Waals surface area contributed by atoms with E-state index in [2.05, 4.69) is 41.4 Å². The van der Waals surface area contributed by atoms with Crippen molar-refractivity contribution in [1.29, 1.82) is 0 Å². The SMILES string of the molecule is CC1(C)CC2CC(C)(CN2C(=O)COC(=O)c2ccc(Cl)c(S(=O)(=O)Nc3ccc(Br)cc3)c2)C1. The Bertz CT molecular complexity index is 1270. The van der Waals surface area contributed by atoms with Crippen molar-refractivity contribution >= 4 is 55.1 Å². The zero-order valence-electron chi connectivity index (χ0n) is 19.8. The number of carbonyl (C=O) groups excluding carboxylic acids is 2. The van der Waals surface area contributed by atoms with E-state index >= 15 is 0 Å². The molecule has 1 N–H and O–H groups in total. The van der Waals surface area contributed by atoms with Crippen LogP contribution in [0.4, 0.5) is 5.69 Å². The van der Waals surface area contributed by atoms with Gasteiger partial charge in [-0.3, -0.25) is 9.52 Å². The van der Waals surface area contributed by atoms with Crippen LogP contribution in [0.2, 0.25) is 5.02 Å². The van der Waals surface area contributed by atoms with Gasteiger partial charge in [-0.15, -0.1) is 0 Å². The van der Waals surface area contributed by atoms with Gasteiger partial charge in [-0.2, -0.15) is 0 Å². The fourth-order valence-corrected chi connectivity index (χ4v) is 7.46. The number of fused-ring (bicyclic) bond motifs is 2. The van der Waals surface area contributed by atoms with Gasteiger partial charge in [0.05, 0.1) is 10.6 Å². The second-order valence-electron chi connectivity index (χ2n) is 10.6. The minimum atomic E-state index is -4.07. The second kappa shape index (κ2) is 9.41. The molecule has 2 fully saturated rings. The van der Waals surface area contributed by atoms with E-state index in [0.717, 1.165) is 29.8 Å². The van der Waals surface area contributed by atoms with Gasteiger partial charge in [-0.25, -0.2) is 13.2 Å². The molecule has 10 heteroatoms. The number of benzene rings is 2. The largest absolute Gasteiger partial charge is 0.452 e. The average molecular weight is 584 g/mol. The van der Waals surface area contributed by atoms with Crippen LogP contribution < -0.4 is 4.72 Å². The van der Waals surface area contributed by atoms with E-state index < -0.39 is 22.6 Å². The molecule has 2 unspecified atom stereocenters. The van der Waals surface area contributed by atoms with Crippen molar-refractivity contribution in [3.05, 3.63) is 57.5 Å². The second-order valence-corrected chi connectivity index (χ2v) is 13.5. The summed E-state index contributed by atoms with van der Waals surface area (Å²) in [5, 5.41) is -0.0394. The molecule has 0 radical (unpaired) electrons. The van der Waals surface area contributed by atoms with Crippen molar-refractivity contribution in [2.24, 2.45) is 10.8 Å². The first-order valence-corrected chi connectivity index (χ1v) is 14.0. The van der Waals surface area contributed by atoms with Crippen molar-refractivity contribution < 1.29 is 22.7 Å². The Balaban J connectivity index is 1.44. The van der Waals surface area contributed by atoms with E-state index in [1.54, 1.807) is 24.3 Å². The van der Waals surface area contributed by atoms with Gasteiger partial charge in [0, 0.05) is 22.7 Å². The maximum Gasteiger partial charge on any atom is 0.338 e. The molecule has 2 atom stereocenters. The number of esters is 1. The van der Waals surface area contributed by atoms with E-state index in [4.69, 9.17) is 16.3 Å². The molecule has 0 spiro atoms. The van der Waals surface area contributed by atoms with Crippen LogP contribution in [0.1, 0.15) is 50.4 Å². The molecule has 1 saturated heterocycles. The zero-order valence-corrected chi connectivity index (χ0v) is 23.0. The third-order valence-electron chi connectivity index (χ3n) is 6.61. The fourth-order valence-electron chi connectivity index (χ4n) is 5.61. The number of hydrogen-bond donors (Lipinski definition) is 1. The maximum absolute atomic E-state index is 12.9. The molecule has 7 nitrogen and oxygen atoms in total. The summed E-state index contributed by atoms with van der Waals surface area (Å²) in [4.78, 5) is 27.2. The highest BCUT2D eigenvalue weighted by atomic mass is 79.9. The molecule has 2 aromatic rings. The highest BCUT2D eigenvalue weighted by molar-refractivity contribution is 9.10. The Morgan fingerprint density at radius 2 is 1.83 bits per heavy atom. The van der Waals surface area contributed by atoms with Gasteiger partial charge in [0.1, 0.15) is 4.90 Å². The number of likely N-dealkylation sites (tertiary alicyclic amines) is 1. The van der Waals surface area contributed by atoms with Gasteiger partial charge >= 0.3 is 5.97 Å². The van der Waals surface area contributed by atoms with Crippen LogP contribution in [0.15, 0.2) is 51.8 Å². The van der Waals surface area contributed by atoms with Crippen LogP contribution in [0.25, 0.3) is 0 Å². The van der Waals surface area contributed by atoms with Gasteiger partial charge in [0.2, 0.25) is 0 Å². The lowest BCUT2D eigenvalue weighted by Gasteiger charge is -2.39. The molecule has 2 aliphatic rings. The summed E-state index contributed by atoms with van der Waals surface area (Å²) in [5.74, 6) is -1.02. The first-order chi connectivity index (χ1) is 16.3. The Hall–Kier alpha value is -2.10. The van der Waals surface area contributed by atoms with Crippen LogP contribution in [0.3, 0.4) is 0 Å². The third kappa shape index (κ3) is 5.84. The average Bonchev–Trinajstić information content (AvgIpc) is 3.02. The number of sulfonamides is 1. The van der Waals surface area contributed by atoms with E-state index in [0.29, 0.717) is 12.2 Å². The number of halogens is 2. The summed E-state index contributed by atoms with van der Waals surface area (Å²) in [6.07, 6.45) is 2.93. The normalized spacial score (nSPS) is 23.1. The highest BCUT2D eigenvalue weighted by Crippen LogP contribution is 2.52. The highest BCUT2D eigenvalue weighted by Gasteiger charge is 2.50. The summed E-state index contributed by atoms with van der Waals surface area (Å²) < 4.78 is 34.3. The molecule has 35 heavy (non-hydrogen) atoms. The Morgan fingerprint density at radius 1 is 1.14 bits per heavy atom. The summed E-state index contributed by atoms with van der Waals surface area (Å²) in [6.45, 7) is 6.92. The minimum Gasteiger partial charge on any atom is -0.452 e. The molecular formula is C25H28BrClN2O5S. The Kier molecular flexibility index (Phi) is 6.98. The summed E-state index contributed by atoms with van der Waals surface area (Å²) in [7, 11) is -4.07. The van der Waals surface area contributed by atoms with Crippen molar-refractivity contribution in [3.63, 3.8) is 0 Å². The first kappa shape index (κ1) is 26.0. The summed E-state index contributed by atoms with van der Waals surface area (Å²) in [5.41, 5.74) is 0.578. The van der Waals surface area contributed by atoms with Gasteiger partial charge < -0.3 is 9.64 Å². The number of carbonyl (C=O) groups is 2. The lowest BCUT2D eigenvalue weighted by atomic mass is 9.65. The monoisotopic (exact) mass is 582 g/mol. The first-order valence-electron chi connectivity index (χ1n) is 11.3. The number of nitrogens with zero attached hydrogens (tertiary/aromatic N) is 1. The van der Waals surface area contributed by atoms with Crippen LogP contribution in [-0.2, 0) is 19.6 Å². The van der Waals surface area contributed by atoms with E-state index in [1.807, 2.05) is 4.90 Å². The molecule has 1 aliphatic heterocycles. The number of hydrogen-bond acceptors (Lipinski definition) is 5. The number of amides is 1. The maximum atomic E-state index is 12.9. The topological polar surface area (TPSA) is 92.8 Å². The lowest BCUT2D eigenvalue weighted by molar-refractivity contribution is -0.135. The molecule has 1 aliphatic carbocycles. The van der Waals surface area contributed by atoms with Gasteiger partial charge in [0.25, 0.3) is 15.9 Å². The smallest absolute Gasteiger partial charge is 0.338 e. The van der Waals surface area contributed by atoms with Gasteiger partial charge in [0.15, 0.2) is 6.61 Å². The molecule has 1 amide bonds. The van der Waals surface area contributed by atoms with E-state index in [9.17, 15) is 18.0 Å². The third-order valence-corrected chi connectivity index (χ3v) is 9.01. The van der Waals surface area contributed by atoms with Crippen molar-refractivity contribution in [2.75, 3.05) is 17.9 Å². The summed E-state index contributed by atoms with van der Waals surface area (Å²) >= 11 is 9.44. The van der Waals surface area contributed by atoms with E-state index in [1.165, 1.54) is 12.1 Å². The number of nitrogens with one attached hydrogen (secondary N) is 1. The van der Waals surface area contributed by atoms with Crippen LogP contribution >= 0.6 is 27.5 Å². The minimum absolute atomic E-state index is 0.00774. The van der Waals surface area contributed by atoms with Crippen LogP contribution in [-0.4, -0.2) is 44.4 Å². The Labute approximate surface area is 219 Å². The zero-order chi connectivity index (χ0) is 25.6. The lowest BCUT2D eigenvalue weighted by Crippen LogP contribution is -2.39. The Morgan fingerprint density at radius 3 is 2.51 bits per heavy atom. The molecular weight excluding hydrogens is 556 g/mol. The summed E-state index contributed by atoms with van der Waals surface area (Å²) in [6, 6.07) is 10.6. The molecule has 1 heterocycles. The van der Waals surface area contributed by atoms with Crippen molar-refractivity contribution in [3.8, 4) is 0 Å². The van der Waals surface area contributed by atoms with Crippen LogP contribution in [0.5, 0.6) is 0 Å². The molecule has 2 aromatic carbocycles. The predicted molar refractivity (Wildman–Crippen MR) is 138 cm³/mol. The number of anilines is 1. The number of rotatable bonds is 6. The quantitative estimate of drug-likeness (QED) is 0.454. The fraction of sp³-hybridized carbons (Fsp3) is 0.440. The molecule has 188 valence electrons. The molecule has 2 bridgehead atoms. The standard InChI is InChI=1S/C25H28BrClN2O5S/c1-24(2)11-19-12-25(3,14-24)15-29(19)22(30)13-34-23(31)16-4-9-20(27)21(10-16)35(32,33)28-18-7-5-17(26)6-8-18/h4-10,19,28H,11-15H2,1-3H3. The van der Waals surface area contributed by atoms with Gasteiger partial charge in [-0.05, 0) is 72.6 Å². The molecule has 0 aromatic heterocycles. The van der Waals surface area contributed by atoms with Crippen LogP contribution in [0, 0.1) is 10.8 Å². The number of ether oxygens (including phenoxy) is 1. The van der Waals surface area contributed by atoms with Gasteiger partial charge in [-0.1, -0.05) is 48.3 Å². The van der Waals surface area contributed by atoms with E-state index in [-0.39, 0.29) is 38.3 Å². The molecule has 1 saturated carbocycles. The predicted octanol–water partition coefficient (Wildman–Crippen LogP) is 5.49. The molecule has 4 rings (SSSR count).